The average molecular weight is 232 g/mol. The highest BCUT2D eigenvalue weighted by molar-refractivity contribution is 5.79. The topological polar surface area (TPSA) is 48.0 Å². The fraction of sp³-hybridized carbons (Fsp3) is 0.429. The molecule has 0 saturated heterocycles. The molecule has 0 saturated carbocycles. The fourth-order valence-corrected chi connectivity index (χ4v) is 2.08. The number of nitrogens with one attached hydrogen (secondary N) is 2. The lowest BCUT2D eigenvalue weighted by Gasteiger charge is -2.15. The standard InChI is InChI=1S/C14H20N2O/c1-2-13(6-8-17)16-10-11-3-4-14-12(9-11)5-7-15-14/h3-5,7,9,13,15-17H,2,6,8,10H2,1H3. The summed E-state index contributed by atoms with van der Waals surface area (Å²) in [4.78, 5) is 3.19. The van der Waals surface area contributed by atoms with Crippen LogP contribution in [0.3, 0.4) is 0 Å². The molecule has 0 aliphatic carbocycles. The summed E-state index contributed by atoms with van der Waals surface area (Å²) < 4.78 is 0. The van der Waals surface area contributed by atoms with Crippen LogP contribution in [0.15, 0.2) is 30.5 Å². The quantitative estimate of drug-likeness (QED) is 0.716. The zero-order valence-electron chi connectivity index (χ0n) is 10.2. The van der Waals surface area contributed by atoms with Gasteiger partial charge in [0.2, 0.25) is 0 Å². The molecule has 1 aromatic carbocycles. The molecule has 1 aromatic heterocycles. The molecule has 0 amide bonds. The second-order valence-electron chi connectivity index (χ2n) is 4.40. The molecule has 92 valence electrons. The van der Waals surface area contributed by atoms with Gasteiger partial charge >= 0.3 is 0 Å². The van der Waals surface area contributed by atoms with Crippen LogP contribution in [0.25, 0.3) is 10.9 Å². The normalized spacial score (nSPS) is 13.1. The predicted octanol–water partition coefficient (Wildman–Crippen LogP) is 2.42. The first-order chi connectivity index (χ1) is 8.33. The molecule has 2 rings (SSSR count). The van der Waals surface area contributed by atoms with Gasteiger partial charge in [0.25, 0.3) is 0 Å². The molecular weight excluding hydrogens is 212 g/mol. The molecule has 17 heavy (non-hydrogen) atoms. The van der Waals surface area contributed by atoms with Gasteiger partial charge in [0.15, 0.2) is 0 Å². The first kappa shape index (κ1) is 12.1. The zero-order chi connectivity index (χ0) is 12.1. The van der Waals surface area contributed by atoms with Crippen LogP contribution in [0, 0.1) is 0 Å². The van der Waals surface area contributed by atoms with Crippen LogP contribution in [0.2, 0.25) is 0 Å². The Balaban J connectivity index is 1.97. The third kappa shape index (κ3) is 3.08. The molecule has 1 heterocycles. The number of hydrogen-bond acceptors (Lipinski definition) is 2. The molecule has 1 atom stereocenters. The molecule has 2 aromatic rings. The molecule has 0 aliphatic heterocycles. The van der Waals surface area contributed by atoms with E-state index in [2.05, 4.69) is 41.5 Å². The van der Waals surface area contributed by atoms with E-state index in [0.29, 0.717) is 6.04 Å². The Morgan fingerprint density at radius 2 is 2.24 bits per heavy atom. The number of rotatable bonds is 6. The molecule has 3 nitrogen and oxygen atoms in total. The van der Waals surface area contributed by atoms with Crippen molar-refractivity contribution >= 4 is 10.9 Å². The molecular formula is C14H20N2O. The van der Waals surface area contributed by atoms with Crippen molar-refractivity contribution in [3.8, 4) is 0 Å². The van der Waals surface area contributed by atoms with Crippen LogP contribution in [0.1, 0.15) is 25.3 Å². The van der Waals surface area contributed by atoms with E-state index in [-0.39, 0.29) is 6.61 Å². The van der Waals surface area contributed by atoms with E-state index in [1.807, 2.05) is 6.20 Å². The number of benzene rings is 1. The van der Waals surface area contributed by atoms with E-state index in [1.165, 1.54) is 16.5 Å². The number of aromatic amines is 1. The predicted molar refractivity (Wildman–Crippen MR) is 70.9 cm³/mol. The molecule has 1 unspecified atom stereocenters. The SMILES string of the molecule is CCC(CCO)NCc1ccc2[nH]ccc2c1. The highest BCUT2D eigenvalue weighted by Gasteiger charge is 2.04. The number of aliphatic hydroxyl groups is 1. The van der Waals surface area contributed by atoms with Crippen molar-refractivity contribution in [3.05, 3.63) is 36.0 Å². The van der Waals surface area contributed by atoms with E-state index < -0.39 is 0 Å². The van der Waals surface area contributed by atoms with E-state index >= 15 is 0 Å². The van der Waals surface area contributed by atoms with Crippen LogP contribution < -0.4 is 5.32 Å². The van der Waals surface area contributed by atoms with E-state index in [4.69, 9.17) is 5.11 Å². The van der Waals surface area contributed by atoms with Gasteiger partial charge in [-0.15, -0.1) is 0 Å². The zero-order valence-corrected chi connectivity index (χ0v) is 10.2. The Labute approximate surface area is 102 Å². The van der Waals surface area contributed by atoms with E-state index in [1.54, 1.807) is 0 Å². The monoisotopic (exact) mass is 232 g/mol. The minimum atomic E-state index is 0.252. The first-order valence-corrected chi connectivity index (χ1v) is 6.23. The van der Waals surface area contributed by atoms with Crippen LogP contribution in [0.5, 0.6) is 0 Å². The molecule has 0 aliphatic rings. The van der Waals surface area contributed by atoms with Gasteiger partial charge in [0, 0.05) is 30.9 Å². The lowest BCUT2D eigenvalue weighted by molar-refractivity contribution is 0.262. The fourth-order valence-electron chi connectivity index (χ4n) is 2.08. The molecule has 3 N–H and O–H groups in total. The Bertz CT molecular complexity index is 464. The van der Waals surface area contributed by atoms with Crippen molar-refractivity contribution in [2.24, 2.45) is 0 Å². The minimum absolute atomic E-state index is 0.252. The Kier molecular flexibility index (Phi) is 4.18. The largest absolute Gasteiger partial charge is 0.396 e. The van der Waals surface area contributed by atoms with Gasteiger partial charge < -0.3 is 15.4 Å². The number of H-pyrrole nitrogens is 1. The first-order valence-electron chi connectivity index (χ1n) is 6.23. The highest BCUT2D eigenvalue weighted by atomic mass is 16.3. The third-order valence-electron chi connectivity index (χ3n) is 3.18. The van der Waals surface area contributed by atoms with Crippen molar-refractivity contribution in [1.82, 2.24) is 10.3 Å². The summed E-state index contributed by atoms with van der Waals surface area (Å²) in [6.07, 6.45) is 3.83. The lowest BCUT2D eigenvalue weighted by atomic mass is 10.1. The number of aromatic nitrogens is 1. The second kappa shape index (κ2) is 5.84. The molecule has 0 fully saturated rings. The lowest BCUT2D eigenvalue weighted by Crippen LogP contribution is -2.28. The summed E-state index contributed by atoms with van der Waals surface area (Å²) in [5, 5.41) is 13.7. The van der Waals surface area contributed by atoms with E-state index in [0.717, 1.165) is 19.4 Å². The summed E-state index contributed by atoms with van der Waals surface area (Å²) in [5.41, 5.74) is 2.46. The molecule has 3 heteroatoms. The van der Waals surface area contributed by atoms with Crippen LogP contribution in [-0.4, -0.2) is 22.7 Å². The summed E-state index contributed by atoms with van der Waals surface area (Å²) in [5.74, 6) is 0. The second-order valence-corrected chi connectivity index (χ2v) is 4.40. The maximum Gasteiger partial charge on any atom is 0.0454 e. The average Bonchev–Trinajstić information content (AvgIpc) is 2.81. The van der Waals surface area contributed by atoms with Gasteiger partial charge in [-0.2, -0.15) is 0 Å². The highest BCUT2D eigenvalue weighted by Crippen LogP contribution is 2.14. The van der Waals surface area contributed by atoms with Crippen LogP contribution >= 0.6 is 0 Å². The van der Waals surface area contributed by atoms with Crippen molar-refractivity contribution in [2.75, 3.05) is 6.61 Å². The van der Waals surface area contributed by atoms with Gasteiger partial charge in [-0.3, -0.25) is 0 Å². The molecule has 0 bridgehead atoms. The maximum atomic E-state index is 8.93. The third-order valence-corrected chi connectivity index (χ3v) is 3.18. The van der Waals surface area contributed by atoms with Crippen molar-refractivity contribution in [1.29, 1.82) is 0 Å². The Morgan fingerprint density at radius 1 is 1.35 bits per heavy atom. The van der Waals surface area contributed by atoms with Gasteiger partial charge in [-0.05, 0) is 42.0 Å². The Morgan fingerprint density at radius 3 is 3.00 bits per heavy atom. The van der Waals surface area contributed by atoms with Gasteiger partial charge in [-0.1, -0.05) is 13.0 Å². The van der Waals surface area contributed by atoms with Crippen LogP contribution in [0.4, 0.5) is 0 Å². The van der Waals surface area contributed by atoms with Crippen LogP contribution in [-0.2, 0) is 6.54 Å². The summed E-state index contributed by atoms with van der Waals surface area (Å²) in [7, 11) is 0. The molecule has 0 radical (unpaired) electrons. The number of fused-ring (bicyclic) bond motifs is 1. The van der Waals surface area contributed by atoms with Gasteiger partial charge in [-0.25, -0.2) is 0 Å². The van der Waals surface area contributed by atoms with Gasteiger partial charge in [0.1, 0.15) is 0 Å². The van der Waals surface area contributed by atoms with E-state index in [9.17, 15) is 0 Å². The number of aliphatic hydroxyl groups excluding tert-OH is 1. The van der Waals surface area contributed by atoms with Crippen molar-refractivity contribution in [3.63, 3.8) is 0 Å². The Hall–Kier alpha value is -1.32. The summed E-state index contributed by atoms with van der Waals surface area (Å²) >= 11 is 0. The maximum absolute atomic E-state index is 8.93. The van der Waals surface area contributed by atoms with Gasteiger partial charge in [0.05, 0.1) is 0 Å². The molecule has 0 spiro atoms. The van der Waals surface area contributed by atoms with Crippen molar-refractivity contribution < 1.29 is 5.11 Å². The summed E-state index contributed by atoms with van der Waals surface area (Å²) in [6.45, 7) is 3.25. The minimum Gasteiger partial charge on any atom is -0.396 e. The smallest absolute Gasteiger partial charge is 0.0454 e. The van der Waals surface area contributed by atoms with Crippen molar-refractivity contribution in [2.45, 2.75) is 32.4 Å². The summed E-state index contributed by atoms with van der Waals surface area (Å²) in [6, 6.07) is 8.94. The number of hydrogen-bond donors (Lipinski definition) is 3.